The van der Waals surface area contributed by atoms with Crippen molar-refractivity contribution in [2.75, 3.05) is 0 Å². The van der Waals surface area contributed by atoms with E-state index in [1.165, 1.54) is 12.1 Å². The molecule has 106 valence electrons. The van der Waals surface area contributed by atoms with Crippen molar-refractivity contribution in [1.29, 1.82) is 0 Å². The fourth-order valence-corrected chi connectivity index (χ4v) is 2.19. The maximum absolute atomic E-state index is 12.9. The van der Waals surface area contributed by atoms with E-state index in [4.69, 9.17) is 4.42 Å². The standard InChI is InChI=1S/C17H14FNO2/c1-17(20,13-8-10-19-11-9-13)16-7-6-15(21-16)12-2-4-14(18)5-3-12/h2-11,20H,1H3. The molecule has 1 N–H and O–H groups in total. The van der Waals surface area contributed by atoms with E-state index < -0.39 is 5.60 Å². The van der Waals surface area contributed by atoms with Crippen molar-refractivity contribution in [3.8, 4) is 11.3 Å². The van der Waals surface area contributed by atoms with Gasteiger partial charge in [-0.3, -0.25) is 4.98 Å². The van der Waals surface area contributed by atoms with E-state index in [0.717, 1.165) is 5.56 Å². The average Bonchev–Trinajstić information content (AvgIpc) is 2.99. The Labute approximate surface area is 121 Å². The monoisotopic (exact) mass is 283 g/mol. The van der Waals surface area contributed by atoms with E-state index in [9.17, 15) is 9.50 Å². The lowest BCUT2D eigenvalue weighted by atomic mass is 9.94. The molecule has 3 rings (SSSR count). The minimum atomic E-state index is -1.25. The molecule has 0 spiro atoms. The van der Waals surface area contributed by atoms with Gasteiger partial charge in [0.05, 0.1) is 0 Å². The molecular formula is C17H14FNO2. The largest absolute Gasteiger partial charge is 0.458 e. The highest BCUT2D eigenvalue weighted by molar-refractivity contribution is 5.57. The Morgan fingerprint density at radius 2 is 1.67 bits per heavy atom. The lowest BCUT2D eigenvalue weighted by molar-refractivity contribution is 0.0774. The molecule has 0 saturated heterocycles. The van der Waals surface area contributed by atoms with Crippen LogP contribution in [0.2, 0.25) is 0 Å². The second kappa shape index (κ2) is 5.14. The Hall–Kier alpha value is -2.46. The van der Waals surface area contributed by atoms with E-state index in [-0.39, 0.29) is 5.82 Å². The van der Waals surface area contributed by atoms with Crippen molar-refractivity contribution >= 4 is 0 Å². The molecular weight excluding hydrogens is 269 g/mol. The van der Waals surface area contributed by atoms with Crippen LogP contribution in [0.15, 0.2) is 65.3 Å². The number of nitrogens with zero attached hydrogens (tertiary/aromatic N) is 1. The zero-order valence-corrected chi connectivity index (χ0v) is 11.5. The van der Waals surface area contributed by atoms with Crippen LogP contribution in [0, 0.1) is 5.82 Å². The molecule has 0 amide bonds. The van der Waals surface area contributed by atoms with Gasteiger partial charge in [-0.15, -0.1) is 0 Å². The predicted molar refractivity (Wildman–Crippen MR) is 77.0 cm³/mol. The summed E-state index contributed by atoms with van der Waals surface area (Å²) in [4.78, 5) is 3.94. The topological polar surface area (TPSA) is 46.3 Å². The Balaban J connectivity index is 1.96. The number of benzene rings is 1. The third-order valence-electron chi connectivity index (χ3n) is 3.46. The molecule has 1 atom stereocenters. The highest BCUT2D eigenvalue weighted by atomic mass is 19.1. The first-order valence-electron chi connectivity index (χ1n) is 6.56. The number of aliphatic hydroxyl groups is 1. The van der Waals surface area contributed by atoms with Crippen molar-refractivity contribution in [3.63, 3.8) is 0 Å². The smallest absolute Gasteiger partial charge is 0.144 e. The summed E-state index contributed by atoms with van der Waals surface area (Å²) in [5.41, 5.74) is 0.201. The lowest BCUT2D eigenvalue weighted by Crippen LogP contribution is -2.21. The summed E-state index contributed by atoms with van der Waals surface area (Å²) in [6, 6.07) is 13.0. The Morgan fingerprint density at radius 1 is 1.00 bits per heavy atom. The van der Waals surface area contributed by atoms with Gasteiger partial charge in [-0.05, 0) is 61.0 Å². The second-order valence-corrected chi connectivity index (χ2v) is 4.98. The fourth-order valence-electron chi connectivity index (χ4n) is 2.19. The highest BCUT2D eigenvalue weighted by Crippen LogP contribution is 2.33. The number of aromatic nitrogens is 1. The van der Waals surface area contributed by atoms with Crippen LogP contribution in [0.4, 0.5) is 4.39 Å². The van der Waals surface area contributed by atoms with E-state index in [1.807, 2.05) is 0 Å². The first kappa shape index (κ1) is 13.5. The zero-order valence-electron chi connectivity index (χ0n) is 11.5. The van der Waals surface area contributed by atoms with Crippen molar-refractivity contribution in [2.24, 2.45) is 0 Å². The fraction of sp³-hybridized carbons (Fsp3) is 0.118. The molecule has 0 saturated carbocycles. The Kier molecular flexibility index (Phi) is 3.31. The zero-order chi connectivity index (χ0) is 14.9. The number of hydrogen-bond donors (Lipinski definition) is 1. The molecule has 0 radical (unpaired) electrons. The molecule has 2 heterocycles. The van der Waals surface area contributed by atoms with E-state index in [2.05, 4.69) is 4.98 Å². The van der Waals surface area contributed by atoms with Gasteiger partial charge < -0.3 is 9.52 Å². The molecule has 0 aliphatic rings. The highest BCUT2D eigenvalue weighted by Gasteiger charge is 2.29. The van der Waals surface area contributed by atoms with E-state index in [0.29, 0.717) is 17.1 Å². The lowest BCUT2D eigenvalue weighted by Gasteiger charge is -2.21. The Morgan fingerprint density at radius 3 is 2.33 bits per heavy atom. The molecule has 1 aromatic carbocycles. The summed E-state index contributed by atoms with van der Waals surface area (Å²) >= 11 is 0. The number of rotatable bonds is 3. The van der Waals surface area contributed by atoms with Gasteiger partial charge in [-0.1, -0.05) is 0 Å². The van der Waals surface area contributed by atoms with Gasteiger partial charge in [0.1, 0.15) is 22.9 Å². The summed E-state index contributed by atoms with van der Waals surface area (Å²) < 4.78 is 18.7. The molecule has 2 aromatic heterocycles. The third-order valence-corrected chi connectivity index (χ3v) is 3.46. The number of pyridine rings is 1. The van der Waals surface area contributed by atoms with Gasteiger partial charge in [-0.25, -0.2) is 4.39 Å². The van der Waals surface area contributed by atoms with Crippen LogP contribution in [-0.4, -0.2) is 10.1 Å². The summed E-state index contributed by atoms with van der Waals surface area (Å²) in [5, 5.41) is 10.7. The minimum Gasteiger partial charge on any atom is -0.458 e. The van der Waals surface area contributed by atoms with Gasteiger partial charge in [0.15, 0.2) is 0 Å². The molecule has 0 fully saturated rings. The van der Waals surface area contributed by atoms with Crippen molar-refractivity contribution in [1.82, 2.24) is 4.98 Å². The van der Waals surface area contributed by atoms with Gasteiger partial charge in [0.2, 0.25) is 0 Å². The van der Waals surface area contributed by atoms with E-state index >= 15 is 0 Å². The van der Waals surface area contributed by atoms with Crippen LogP contribution in [-0.2, 0) is 5.60 Å². The van der Waals surface area contributed by atoms with Crippen molar-refractivity contribution in [3.05, 3.63) is 78.1 Å². The van der Waals surface area contributed by atoms with Crippen LogP contribution < -0.4 is 0 Å². The average molecular weight is 283 g/mol. The second-order valence-electron chi connectivity index (χ2n) is 4.98. The van der Waals surface area contributed by atoms with E-state index in [1.54, 1.807) is 55.7 Å². The summed E-state index contributed by atoms with van der Waals surface area (Å²) in [5.74, 6) is 0.710. The van der Waals surface area contributed by atoms with Crippen molar-refractivity contribution in [2.45, 2.75) is 12.5 Å². The molecule has 1 unspecified atom stereocenters. The molecule has 0 aliphatic heterocycles. The van der Waals surface area contributed by atoms with Crippen LogP contribution in [0.1, 0.15) is 18.2 Å². The minimum absolute atomic E-state index is 0.297. The van der Waals surface area contributed by atoms with Crippen LogP contribution in [0.5, 0.6) is 0 Å². The quantitative estimate of drug-likeness (QED) is 0.796. The summed E-state index contributed by atoms with van der Waals surface area (Å²) in [6.45, 7) is 1.66. The normalized spacial score (nSPS) is 13.9. The predicted octanol–water partition coefficient (Wildman–Crippen LogP) is 3.74. The summed E-state index contributed by atoms with van der Waals surface area (Å²) in [7, 11) is 0. The van der Waals surface area contributed by atoms with Crippen LogP contribution in [0.25, 0.3) is 11.3 Å². The third kappa shape index (κ3) is 2.58. The van der Waals surface area contributed by atoms with Crippen LogP contribution in [0.3, 0.4) is 0 Å². The van der Waals surface area contributed by atoms with Crippen molar-refractivity contribution < 1.29 is 13.9 Å². The number of halogens is 1. The molecule has 3 aromatic rings. The maximum atomic E-state index is 12.9. The molecule has 3 nitrogen and oxygen atoms in total. The van der Waals surface area contributed by atoms with Gasteiger partial charge in [0, 0.05) is 18.0 Å². The maximum Gasteiger partial charge on any atom is 0.144 e. The SMILES string of the molecule is CC(O)(c1ccncc1)c1ccc(-c2ccc(F)cc2)o1. The first-order valence-corrected chi connectivity index (χ1v) is 6.56. The molecule has 4 heteroatoms. The van der Waals surface area contributed by atoms with Gasteiger partial charge in [0.25, 0.3) is 0 Å². The van der Waals surface area contributed by atoms with Gasteiger partial charge in [-0.2, -0.15) is 0 Å². The molecule has 0 aliphatic carbocycles. The number of hydrogen-bond acceptors (Lipinski definition) is 3. The number of furan rings is 1. The molecule has 0 bridgehead atoms. The first-order chi connectivity index (χ1) is 10.1. The summed E-state index contributed by atoms with van der Waals surface area (Å²) in [6.07, 6.45) is 3.24. The Bertz CT molecular complexity index is 733. The van der Waals surface area contributed by atoms with Crippen LogP contribution >= 0.6 is 0 Å². The molecule has 21 heavy (non-hydrogen) atoms. The van der Waals surface area contributed by atoms with Gasteiger partial charge >= 0.3 is 0 Å².